The lowest BCUT2D eigenvalue weighted by atomic mass is 10.3. The van der Waals surface area contributed by atoms with Crippen LogP contribution < -0.4 is 4.90 Å². The lowest BCUT2D eigenvalue weighted by Gasteiger charge is -2.33. The Kier molecular flexibility index (Phi) is 3.07. The van der Waals surface area contributed by atoms with Crippen molar-refractivity contribution in [1.82, 2.24) is 9.97 Å². The van der Waals surface area contributed by atoms with Crippen LogP contribution in [0.5, 0.6) is 0 Å². The molecule has 0 spiro atoms. The maximum absolute atomic E-state index is 5.91. The summed E-state index contributed by atoms with van der Waals surface area (Å²) in [5, 5.41) is 0.496. The van der Waals surface area contributed by atoms with Crippen molar-refractivity contribution in [3.63, 3.8) is 0 Å². The normalized spacial score (nSPS) is 21.8. The fraction of sp³-hybridized carbons (Fsp3) is 0.600. The van der Waals surface area contributed by atoms with Crippen LogP contribution in [0.3, 0.4) is 0 Å². The van der Waals surface area contributed by atoms with E-state index in [4.69, 9.17) is 16.3 Å². The van der Waals surface area contributed by atoms with E-state index in [-0.39, 0.29) is 0 Å². The largest absolute Gasteiger partial charge is 0.377 e. The second-order valence-corrected chi connectivity index (χ2v) is 4.14. The molecule has 1 aromatic heterocycles. The summed E-state index contributed by atoms with van der Waals surface area (Å²) in [6, 6.07) is 2.06. The van der Waals surface area contributed by atoms with Gasteiger partial charge in [-0.05, 0) is 19.9 Å². The van der Waals surface area contributed by atoms with Crippen molar-refractivity contribution >= 4 is 17.5 Å². The average molecular weight is 228 g/mol. The van der Waals surface area contributed by atoms with Crippen LogP contribution in [0.25, 0.3) is 0 Å². The molecule has 15 heavy (non-hydrogen) atoms. The summed E-state index contributed by atoms with van der Waals surface area (Å²) < 4.78 is 5.36. The number of halogens is 1. The number of anilines is 1. The van der Waals surface area contributed by atoms with Gasteiger partial charge < -0.3 is 9.64 Å². The Balaban J connectivity index is 2.27. The Hall–Kier alpha value is -0.870. The summed E-state index contributed by atoms with van der Waals surface area (Å²) in [4.78, 5) is 10.7. The van der Waals surface area contributed by atoms with E-state index in [2.05, 4.69) is 21.8 Å². The zero-order valence-corrected chi connectivity index (χ0v) is 9.66. The molecule has 0 aromatic carbocycles. The molecule has 5 heteroatoms. The van der Waals surface area contributed by atoms with Gasteiger partial charge in [0.1, 0.15) is 5.15 Å². The van der Waals surface area contributed by atoms with Crippen molar-refractivity contribution < 1.29 is 4.74 Å². The van der Waals surface area contributed by atoms with Crippen molar-refractivity contribution in [1.29, 1.82) is 0 Å². The number of aromatic nitrogens is 2. The van der Waals surface area contributed by atoms with Crippen molar-refractivity contribution in [3.8, 4) is 0 Å². The van der Waals surface area contributed by atoms with Gasteiger partial charge in [0.05, 0.1) is 19.3 Å². The third-order valence-corrected chi connectivity index (χ3v) is 2.63. The summed E-state index contributed by atoms with van der Waals surface area (Å²) in [6.45, 7) is 6.27. The smallest absolute Gasteiger partial charge is 0.227 e. The fourth-order valence-corrected chi connectivity index (χ4v) is 1.90. The van der Waals surface area contributed by atoms with E-state index in [1.165, 1.54) is 0 Å². The van der Waals surface area contributed by atoms with Crippen molar-refractivity contribution in [2.45, 2.75) is 19.9 Å². The highest BCUT2D eigenvalue weighted by atomic mass is 35.5. The standard InChI is InChI=1S/C10H14ClN3O/c1-7-5-9(11)13-10(12-7)14-3-4-15-6-8(14)2/h5,8H,3-4,6H2,1-2H3. The third kappa shape index (κ3) is 2.38. The maximum Gasteiger partial charge on any atom is 0.227 e. The number of ether oxygens (including phenoxy) is 1. The highest BCUT2D eigenvalue weighted by Crippen LogP contribution is 2.17. The molecule has 2 rings (SSSR count). The molecule has 0 amide bonds. The van der Waals surface area contributed by atoms with Crippen LogP contribution in [0.4, 0.5) is 5.95 Å². The number of nitrogens with zero attached hydrogens (tertiary/aromatic N) is 3. The summed E-state index contributed by atoms with van der Waals surface area (Å²) in [7, 11) is 0. The molecular formula is C10H14ClN3O. The summed E-state index contributed by atoms with van der Waals surface area (Å²) in [5.41, 5.74) is 0.892. The molecule has 0 bridgehead atoms. The van der Waals surface area contributed by atoms with Gasteiger partial charge >= 0.3 is 0 Å². The van der Waals surface area contributed by atoms with Gasteiger partial charge in [0.15, 0.2) is 0 Å². The van der Waals surface area contributed by atoms with Gasteiger partial charge in [-0.25, -0.2) is 9.97 Å². The topological polar surface area (TPSA) is 38.2 Å². The zero-order valence-electron chi connectivity index (χ0n) is 8.90. The lowest BCUT2D eigenvalue weighted by Crippen LogP contribution is -2.44. The summed E-state index contributed by atoms with van der Waals surface area (Å²) in [6.07, 6.45) is 0. The third-order valence-electron chi connectivity index (χ3n) is 2.44. The van der Waals surface area contributed by atoms with Crippen LogP contribution in [-0.2, 0) is 4.74 Å². The van der Waals surface area contributed by atoms with Crippen LogP contribution in [0.2, 0.25) is 5.15 Å². The van der Waals surface area contributed by atoms with Crippen molar-refractivity contribution in [3.05, 3.63) is 16.9 Å². The Bertz CT molecular complexity index is 338. The minimum absolute atomic E-state index is 0.302. The number of hydrogen-bond donors (Lipinski definition) is 0. The Labute approximate surface area is 94.2 Å². The van der Waals surface area contributed by atoms with Crippen LogP contribution in [-0.4, -0.2) is 35.8 Å². The number of rotatable bonds is 1. The van der Waals surface area contributed by atoms with Gasteiger partial charge in [-0.1, -0.05) is 11.6 Å². The van der Waals surface area contributed by atoms with Gasteiger partial charge in [0.2, 0.25) is 5.95 Å². The first-order chi connectivity index (χ1) is 7.16. The fourth-order valence-electron chi connectivity index (χ4n) is 1.67. The quantitative estimate of drug-likeness (QED) is 0.684. The van der Waals surface area contributed by atoms with Crippen molar-refractivity contribution in [2.24, 2.45) is 0 Å². The van der Waals surface area contributed by atoms with E-state index in [0.29, 0.717) is 17.1 Å². The Morgan fingerprint density at radius 2 is 2.33 bits per heavy atom. The summed E-state index contributed by atoms with van der Waals surface area (Å²) in [5.74, 6) is 0.704. The lowest BCUT2D eigenvalue weighted by molar-refractivity contribution is 0.0980. The van der Waals surface area contributed by atoms with E-state index in [1.54, 1.807) is 6.07 Å². The highest BCUT2D eigenvalue weighted by Gasteiger charge is 2.21. The molecule has 4 nitrogen and oxygen atoms in total. The first-order valence-electron chi connectivity index (χ1n) is 5.02. The minimum Gasteiger partial charge on any atom is -0.377 e. The number of aryl methyl sites for hydroxylation is 1. The molecule has 0 radical (unpaired) electrons. The van der Waals surface area contributed by atoms with Gasteiger partial charge in [-0.15, -0.1) is 0 Å². The Morgan fingerprint density at radius 3 is 3.00 bits per heavy atom. The van der Waals surface area contributed by atoms with E-state index in [1.807, 2.05) is 6.92 Å². The molecular weight excluding hydrogens is 214 g/mol. The van der Waals surface area contributed by atoms with Gasteiger partial charge in [0, 0.05) is 12.2 Å². The molecule has 1 atom stereocenters. The SMILES string of the molecule is Cc1cc(Cl)nc(N2CCOCC2C)n1. The molecule has 0 aliphatic carbocycles. The molecule has 0 N–H and O–H groups in total. The predicted molar refractivity (Wildman–Crippen MR) is 59.4 cm³/mol. The molecule has 2 heterocycles. The second kappa shape index (κ2) is 4.33. The second-order valence-electron chi connectivity index (χ2n) is 3.75. The average Bonchev–Trinajstić information content (AvgIpc) is 2.16. The van der Waals surface area contributed by atoms with Gasteiger partial charge in [-0.2, -0.15) is 0 Å². The molecule has 1 aliphatic heterocycles. The molecule has 1 aliphatic rings. The predicted octanol–water partition coefficient (Wildman–Crippen LogP) is 1.66. The first kappa shape index (κ1) is 10.6. The number of hydrogen-bond acceptors (Lipinski definition) is 4. The van der Waals surface area contributed by atoms with E-state index in [9.17, 15) is 0 Å². The molecule has 1 fully saturated rings. The van der Waals surface area contributed by atoms with Crippen LogP contribution in [0, 0.1) is 6.92 Å². The van der Waals surface area contributed by atoms with Gasteiger partial charge in [-0.3, -0.25) is 0 Å². The minimum atomic E-state index is 0.302. The van der Waals surface area contributed by atoms with Crippen LogP contribution in [0.15, 0.2) is 6.07 Å². The first-order valence-corrected chi connectivity index (χ1v) is 5.40. The van der Waals surface area contributed by atoms with Crippen LogP contribution >= 0.6 is 11.6 Å². The van der Waals surface area contributed by atoms with E-state index < -0.39 is 0 Å². The van der Waals surface area contributed by atoms with Crippen molar-refractivity contribution in [2.75, 3.05) is 24.7 Å². The zero-order chi connectivity index (χ0) is 10.8. The van der Waals surface area contributed by atoms with Gasteiger partial charge in [0.25, 0.3) is 0 Å². The Morgan fingerprint density at radius 1 is 1.53 bits per heavy atom. The van der Waals surface area contributed by atoms with E-state index >= 15 is 0 Å². The summed E-state index contributed by atoms with van der Waals surface area (Å²) >= 11 is 5.91. The maximum atomic E-state index is 5.91. The number of morpholine rings is 1. The molecule has 1 aromatic rings. The van der Waals surface area contributed by atoms with Crippen LogP contribution in [0.1, 0.15) is 12.6 Å². The molecule has 0 saturated carbocycles. The monoisotopic (exact) mass is 227 g/mol. The van der Waals surface area contributed by atoms with E-state index in [0.717, 1.165) is 25.5 Å². The molecule has 1 saturated heterocycles. The molecule has 1 unspecified atom stereocenters. The molecule has 82 valence electrons. The highest BCUT2D eigenvalue weighted by molar-refractivity contribution is 6.29.